The monoisotopic (exact) mass is 360 g/mol. The minimum absolute atomic E-state index is 0.0613. The number of carbonyl (C=O) groups excluding carboxylic acids is 2. The van der Waals surface area contributed by atoms with E-state index in [0.717, 1.165) is 29.7 Å². The zero-order valence-electron chi connectivity index (χ0n) is 15.7. The predicted molar refractivity (Wildman–Crippen MR) is 97.9 cm³/mol. The number of hydrogen-bond acceptors (Lipinski definition) is 4. The summed E-state index contributed by atoms with van der Waals surface area (Å²) in [6, 6.07) is 6.05. The van der Waals surface area contributed by atoms with Gasteiger partial charge in [-0.3, -0.25) is 9.59 Å². The quantitative estimate of drug-likeness (QED) is 0.822. The zero-order valence-corrected chi connectivity index (χ0v) is 15.7. The van der Waals surface area contributed by atoms with Crippen LogP contribution in [0, 0.1) is 5.92 Å². The molecule has 0 aromatic heterocycles. The van der Waals surface area contributed by atoms with Crippen molar-refractivity contribution in [2.45, 2.75) is 32.2 Å². The standard InChI is InChI=1S/C20H28N2O4/c1-21(2)19(23)6-4-15-3-5-18-17(13-15)14-22(9-12-26-18)20(24)16-7-10-25-11-8-16/h3,5,13,16H,4,6-12,14H2,1-2H3. The highest BCUT2D eigenvalue weighted by molar-refractivity contribution is 5.79. The summed E-state index contributed by atoms with van der Waals surface area (Å²) in [7, 11) is 3.54. The van der Waals surface area contributed by atoms with Gasteiger partial charge in [0, 0.05) is 51.8 Å². The molecular weight excluding hydrogens is 332 g/mol. The lowest BCUT2D eigenvalue weighted by Crippen LogP contribution is -2.39. The Morgan fingerprint density at radius 1 is 1.19 bits per heavy atom. The molecule has 6 heteroatoms. The van der Waals surface area contributed by atoms with Crippen molar-refractivity contribution in [2.24, 2.45) is 5.92 Å². The van der Waals surface area contributed by atoms with Crippen molar-refractivity contribution in [3.8, 4) is 5.75 Å². The van der Waals surface area contributed by atoms with Gasteiger partial charge in [0.05, 0.1) is 6.54 Å². The van der Waals surface area contributed by atoms with Gasteiger partial charge >= 0.3 is 0 Å². The topological polar surface area (TPSA) is 59.1 Å². The summed E-state index contributed by atoms with van der Waals surface area (Å²) in [5.74, 6) is 1.23. The van der Waals surface area contributed by atoms with Gasteiger partial charge in [-0.05, 0) is 30.9 Å². The third-order valence-corrected chi connectivity index (χ3v) is 5.11. The Bertz CT molecular complexity index is 653. The molecule has 2 heterocycles. The van der Waals surface area contributed by atoms with Crippen molar-refractivity contribution >= 4 is 11.8 Å². The molecule has 2 aliphatic heterocycles. The van der Waals surface area contributed by atoms with Gasteiger partial charge < -0.3 is 19.3 Å². The summed E-state index contributed by atoms with van der Waals surface area (Å²) in [5.41, 5.74) is 2.13. The van der Waals surface area contributed by atoms with Gasteiger partial charge in [0.1, 0.15) is 12.4 Å². The number of amides is 2. The van der Waals surface area contributed by atoms with E-state index in [-0.39, 0.29) is 17.7 Å². The van der Waals surface area contributed by atoms with Crippen LogP contribution in [0.3, 0.4) is 0 Å². The highest BCUT2D eigenvalue weighted by Crippen LogP contribution is 2.27. The first-order valence-electron chi connectivity index (χ1n) is 9.36. The summed E-state index contributed by atoms with van der Waals surface area (Å²) < 4.78 is 11.2. The maximum absolute atomic E-state index is 12.9. The average Bonchev–Trinajstić information content (AvgIpc) is 2.88. The number of aryl methyl sites for hydroxylation is 1. The van der Waals surface area contributed by atoms with Crippen molar-refractivity contribution in [2.75, 3.05) is 40.5 Å². The first-order valence-corrected chi connectivity index (χ1v) is 9.36. The van der Waals surface area contributed by atoms with Crippen LogP contribution in [-0.2, 0) is 27.3 Å². The second-order valence-electron chi connectivity index (χ2n) is 7.23. The normalized spacial score (nSPS) is 17.8. The fourth-order valence-electron chi connectivity index (χ4n) is 3.47. The molecule has 0 atom stereocenters. The number of ether oxygens (including phenoxy) is 2. The van der Waals surface area contributed by atoms with Crippen molar-refractivity contribution in [3.05, 3.63) is 29.3 Å². The summed E-state index contributed by atoms with van der Waals surface area (Å²) >= 11 is 0. The Morgan fingerprint density at radius 2 is 1.96 bits per heavy atom. The molecule has 0 spiro atoms. The van der Waals surface area contributed by atoms with E-state index >= 15 is 0 Å². The number of fused-ring (bicyclic) bond motifs is 1. The van der Waals surface area contributed by atoms with E-state index in [1.165, 1.54) is 0 Å². The highest BCUT2D eigenvalue weighted by atomic mass is 16.5. The van der Waals surface area contributed by atoms with Crippen LogP contribution in [-0.4, -0.2) is 62.1 Å². The summed E-state index contributed by atoms with van der Waals surface area (Å²) in [6.07, 6.45) is 2.78. The molecule has 142 valence electrons. The molecule has 0 bridgehead atoms. The van der Waals surface area contributed by atoms with Gasteiger partial charge in [-0.25, -0.2) is 0 Å². The smallest absolute Gasteiger partial charge is 0.226 e. The number of carbonyl (C=O) groups is 2. The first kappa shape index (κ1) is 18.7. The average molecular weight is 360 g/mol. The maximum atomic E-state index is 12.9. The third kappa shape index (κ3) is 4.55. The largest absolute Gasteiger partial charge is 0.491 e. The van der Waals surface area contributed by atoms with Crippen LogP contribution in [0.1, 0.15) is 30.4 Å². The molecule has 2 aliphatic rings. The lowest BCUT2D eigenvalue weighted by atomic mass is 9.98. The van der Waals surface area contributed by atoms with E-state index in [1.807, 2.05) is 17.0 Å². The Balaban J connectivity index is 1.68. The van der Waals surface area contributed by atoms with Crippen LogP contribution in [0.4, 0.5) is 0 Å². The second-order valence-corrected chi connectivity index (χ2v) is 7.23. The van der Waals surface area contributed by atoms with Gasteiger partial charge in [0.25, 0.3) is 0 Å². The molecular formula is C20H28N2O4. The van der Waals surface area contributed by atoms with Crippen molar-refractivity contribution < 1.29 is 19.1 Å². The Labute approximate surface area is 155 Å². The fraction of sp³-hybridized carbons (Fsp3) is 0.600. The van der Waals surface area contributed by atoms with Gasteiger partial charge in [0.15, 0.2) is 0 Å². The molecule has 1 aromatic carbocycles. The third-order valence-electron chi connectivity index (χ3n) is 5.11. The molecule has 2 amide bonds. The number of rotatable bonds is 4. The lowest BCUT2D eigenvalue weighted by molar-refractivity contribution is -0.139. The summed E-state index contributed by atoms with van der Waals surface area (Å²) in [4.78, 5) is 28.2. The predicted octanol–water partition coefficient (Wildman–Crippen LogP) is 1.85. The first-order chi connectivity index (χ1) is 12.5. The van der Waals surface area contributed by atoms with E-state index < -0.39 is 0 Å². The van der Waals surface area contributed by atoms with E-state index in [0.29, 0.717) is 45.8 Å². The Kier molecular flexibility index (Phi) is 6.14. The molecule has 1 saturated heterocycles. The van der Waals surface area contributed by atoms with Crippen LogP contribution in [0.25, 0.3) is 0 Å². The molecule has 26 heavy (non-hydrogen) atoms. The number of nitrogens with zero attached hydrogens (tertiary/aromatic N) is 2. The van der Waals surface area contributed by atoms with E-state index in [9.17, 15) is 9.59 Å². The molecule has 6 nitrogen and oxygen atoms in total. The van der Waals surface area contributed by atoms with Crippen molar-refractivity contribution in [1.29, 1.82) is 0 Å². The van der Waals surface area contributed by atoms with Crippen molar-refractivity contribution in [3.63, 3.8) is 0 Å². The van der Waals surface area contributed by atoms with Crippen LogP contribution in [0.2, 0.25) is 0 Å². The molecule has 0 radical (unpaired) electrons. The van der Waals surface area contributed by atoms with Crippen LogP contribution in [0.15, 0.2) is 18.2 Å². The van der Waals surface area contributed by atoms with Crippen molar-refractivity contribution in [1.82, 2.24) is 9.80 Å². The number of benzene rings is 1. The molecule has 0 saturated carbocycles. The minimum Gasteiger partial charge on any atom is -0.491 e. The van der Waals surface area contributed by atoms with Gasteiger partial charge in [-0.15, -0.1) is 0 Å². The highest BCUT2D eigenvalue weighted by Gasteiger charge is 2.28. The molecule has 0 aliphatic carbocycles. The van der Waals surface area contributed by atoms with E-state index in [4.69, 9.17) is 9.47 Å². The molecule has 1 aromatic rings. The minimum atomic E-state index is 0.0613. The van der Waals surface area contributed by atoms with Crippen LogP contribution in [0.5, 0.6) is 5.75 Å². The molecule has 1 fully saturated rings. The maximum Gasteiger partial charge on any atom is 0.226 e. The lowest BCUT2D eigenvalue weighted by Gasteiger charge is -2.28. The molecule has 0 N–H and O–H groups in total. The zero-order chi connectivity index (χ0) is 18.5. The summed E-state index contributed by atoms with van der Waals surface area (Å²) in [6.45, 7) is 3.03. The van der Waals surface area contributed by atoms with E-state index in [1.54, 1.807) is 19.0 Å². The SMILES string of the molecule is CN(C)C(=O)CCc1ccc2c(c1)CN(C(=O)C1CCOCC1)CCO2. The van der Waals surface area contributed by atoms with E-state index in [2.05, 4.69) is 6.07 Å². The fourth-order valence-corrected chi connectivity index (χ4v) is 3.47. The van der Waals surface area contributed by atoms with Crippen LogP contribution < -0.4 is 4.74 Å². The van der Waals surface area contributed by atoms with Crippen LogP contribution >= 0.6 is 0 Å². The summed E-state index contributed by atoms with van der Waals surface area (Å²) in [5, 5.41) is 0. The Hall–Kier alpha value is -2.08. The Morgan fingerprint density at radius 3 is 2.69 bits per heavy atom. The molecule has 0 unspecified atom stereocenters. The van der Waals surface area contributed by atoms with Gasteiger partial charge in [-0.1, -0.05) is 12.1 Å². The molecule has 3 rings (SSSR count). The van der Waals surface area contributed by atoms with Gasteiger partial charge in [0.2, 0.25) is 11.8 Å². The van der Waals surface area contributed by atoms with Gasteiger partial charge in [-0.2, -0.15) is 0 Å². The second kappa shape index (κ2) is 8.54. The number of hydrogen-bond donors (Lipinski definition) is 0.